The molecular weight excluding hydrogens is 246 g/mol. The van der Waals surface area contributed by atoms with Crippen molar-refractivity contribution in [3.8, 4) is 0 Å². The van der Waals surface area contributed by atoms with Crippen molar-refractivity contribution in [3.05, 3.63) is 53.3 Å². The summed E-state index contributed by atoms with van der Waals surface area (Å²) in [6.45, 7) is 3.16. The smallest absolute Gasteiger partial charge is 0.0522 e. The average Bonchev–Trinajstić information content (AvgIpc) is 3.23. The summed E-state index contributed by atoms with van der Waals surface area (Å²) in [5.41, 5.74) is 3.98. The Hall–Kier alpha value is -1.61. The van der Waals surface area contributed by atoms with Crippen LogP contribution in [0.5, 0.6) is 0 Å². The van der Waals surface area contributed by atoms with E-state index in [1.165, 1.54) is 29.7 Å². The zero-order chi connectivity index (χ0) is 13.8. The highest BCUT2D eigenvalue weighted by molar-refractivity contribution is 5.21. The largest absolute Gasteiger partial charge is 0.310 e. The van der Waals surface area contributed by atoms with Gasteiger partial charge in [-0.25, -0.2) is 0 Å². The zero-order valence-corrected chi connectivity index (χ0v) is 12.1. The monoisotopic (exact) mass is 269 g/mol. The zero-order valence-electron chi connectivity index (χ0n) is 12.1. The van der Waals surface area contributed by atoms with E-state index in [2.05, 4.69) is 52.8 Å². The third-order valence-electron chi connectivity index (χ3n) is 4.17. The van der Waals surface area contributed by atoms with Crippen LogP contribution in [0, 0.1) is 12.8 Å². The molecule has 0 amide bonds. The van der Waals surface area contributed by atoms with Crippen LogP contribution in [0.3, 0.4) is 0 Å². The molecule has 1 aliphatic carbocycles. The molecule has 106 valence electrons. The first-order valence-electron chi connectivity index (χ1n) is 7.62. The van der Waals surface area contributed by atoms with E-state index >= 15 is 0 Å². The third-order valence-corrected chi connectivity index (χ3v) is 4.17. The Kier molecular flexibility index (Phi) is 4.16. The van der Waals surface area contributed by atoms with E-state index in [4.69, 9.17) is 0 Å². The summed E-state index contributed by atoms with van der Waals surface area (Å²) in [5, 5.41) is 10.8. The predicted octanol–water partition coefficient (Wildman–Crippen LogP) is 3.39. The Morgan fingerprint density at radius 2 is 2.10 bits per heavy atom. The lowest BCUT2D eigenvalue weighted by molar-refractivity contribution is 0.475. The number of nitrogens with zero attached hydrogens (tertiary/aromatic N) is 1. The second kappa shape index (κ2) is 6.23. The number of aromatic nitrogens is 2. The van der Waals surface area contributed by atoms with Gasteiger partial charge in [0.05, 0.1) is 6.20 Å². The first-order chi connectivity index (χ1) is 9.84. The lowest BCUT2D eigenvalue weighted by Crippen LogP contribution is -2.24. The van der Waals surface area contributed by atoms with Gasteiger partial charge < -0.3 is 5.32 Å². The van der Waals surface area contributed by atoms with Crippen LogP contribution in [0.2, 0.25) is 0 Å². The van der Waals surface area contributed by atoms with Crippen LogP contribution in [0.15, 0.2) is 36.5 Å². The van der Waals surface area contributed by atoms with Crippen molar-refractivity contribution in [1.82, 2.24) is 15.5 Å². The minimum absolute atomic E-state index is 0.543. The fourth-order valence-corrected chi connectivity index (χ4v) is 2.81. The highest BCUT2D eigenvalue weighted by Gasteiger charge is 2.31. The normalized spacial score (nSPS) is 16.2. The molecule has 0 bridgehead atoms. The Balaban J connectivity index is 1.50. The maximum absolute atomic E-state index is 4.08. The van der Waals surface area contributed by atoms with Crippen molar-refractivity contribution in [2.45, 2.75) is 38.6 Å². The van der Waals surface area contributed by atoms with Crippen molar-refractivity contribution in [2.24, 2.45) is 5.92 Å². The summed E-state index contributed by atoms with van der Waals surface area (Å²) < 4.78 is 0. The summed E-state index contributed by atoms with van der Waals surface area (Å²) >= 11 is 0. The second-order valence-corrected chi connectivity index (χ2v) is 5.80. The van der Waals surface area contributed by atoms with Crippen molar-refractivity contribution >= 4 is 0 Å². The topological polar surface area (TPSA) is 40.7 Å². The fourth-order valence-electron chi connectivity index (χ4n) is 2.81. The van der Waals surface area contributed by atoms with Gasteiger partial charge in [-0.05, 0) is 56.2 Å². The maximum atomic E-state index is 4.08. The molecule has 0 radical (unpaired) electrons. The van der Waals surface area contributed by atoms with Crippen LogP contribution < -0.4 is 5.32 Å². The highest BCUT2D eigenvalue weighted by atomic mass is 15.1. The number of hydrogen-bond acceptors (Lipinski definition) is 2. The van der Waals surface area contributed by atoms with Crippen LogP contribution in [0.1, 0.15) is 42.1 Å². The Labute approximate surface area is 120 Å². The molecule has 1 fully saturated rings. The number of hydrogen-bond donors (Lipinski definition) is 2. The van der Waals surface area contributed by atoms with Gasteiger partial charge in [-0.3, -0.25) is 5.10 Å². The summed E-state index contributed by atoms with van der Waals surface area (Å²) in [5.74, 6) is 0.841. The fraction of sp³-hybridized carbons (Fsp3) is 0.471. The minimum atomic E-state index is 0.543. The molecule has 0 aliphatic heterocycles. The average molecular weight is 269 g/mol. The summed E-state index contributed by atoms with van der Waals surface area (Å²) in [6.07, 6.45) is 6.95. The number of aryl methyl sites for hydroxylation is 2. The van der Waals surface area contributed by atoms with Gasteiger partial charge >= 0.3 is 0 Å². The Bertz CT molecular complexity index is 528. The number of nitrogens with one attached hydrogen (secondary N) is 2. The highest BCUT2D eigenvalue weighted by Crippen LogP contribution is 2.40. The van der Waals surface area contributed by atoms with Gasteiger partial charge in [0.1, 0.15) is 0 Å². The van der Waals surface area contributed by atoms with Gasteiger partial charge in [-0.15, -0.1) is 0 Å². The van der Waals surface area contributed by atoms with E-state index in [0.29, 0.717) is 6.04 Å². The van der Waals surface area contributed by atoms with Gasteiger partial charge in [-0.1, -0.05) is 30.3 Å². The molecule has 20 heavy (non-hydrogen) atoms. The summed E-state index contributed by atoms with van der Waals surface area (Å²) in [6, 6.07) is 11.4. The molecule has 1 heterocycles. The molecule has 3 heteroatoms. The van der Waals surface area contributed by atoms with Crippen LogP contribution in [0.25, 0.3) is 0 Å². The third kappa shape index (κ3) is 3.28. The molecule has 1 aromatic carbocycles. The quantitative estimate of drug-likeness (QED) is 0.756. The maximum Gasteiger partial charge on any atom is 0.0522 e. The second-order valence-electron chi connectivity index (χ2n) is 5.80. The number of rotatable bonds is 7. The van der Waals surface area contributed by atoms with Gasteiger partial charge in [0.15, 0.2) is 0 Å². The minimum Gasteiger partial charge on any atom is -0.310 e. The van der Waals surface area contributed by atoms with Gasteiger partial charge in [0, 0.05) is 11.7 Å². The molecule has 1 atom stereocenters. The SMILES string of the molecule is Cc1[nH]ncc1CCCNC(c1ccccc1)C1CC1. The Morgan fingerprint density at radius 3 is 2.75 bits per heavy atom. The van der Waals surface area contributed by atoms with E-state index in [-0.39, 0.29) is 0 Å². The van der Waals surface area contributed by atoms with Crippen LogP contribution >= 0.6 is 0 Å². The van der Waals surface area contributed by atoms with E-state index in [1.807, 2.05) is 6.20 Å². The molecule has 2 aromatic rings. The number of aromatic amines is 1. The molecular formula is C17H23N3. The molecule has 1 unspecified atom stereocenters. The van der Waals surface area contributed by atoms with Crippen LogP contribution in [-0.2, 0) is 6.42 Å². The van der Waals surface area contributed by atoms with E-state index in [1.54, 1.807) is 0 Å². The first kappa shape index (κ1) is 13.4. The molecule has 2 N–H and O–H groups in total. The molecule has 0 spiro atoms. The Morgan fingerprint density at radius 1 is 1.30 bits per heavy atom. The molecule has 1 aromatic heterocycles. The van der Waals surface area contributed by atoms with Gasteiger partial charge in [-0.2, -0.15) is 5.10 Å². The molecule has 3 nitrogen and oxygen atoms in total. The predicted molar refractivity (Wildman–Crippen MR) is 81.6 cm³/mol. The van der Waals surface area contributed by atoms with Crippen molar-refractivity contribution < 1.29 is 0 Å². The van der Waals surface area contributed by atoms with Crippen molar-refractivity contribution in [3.63, 3.8) is 0 Å². The van der Waals surface area contributed by atoms with E-state index in [9.17, 15) is 0 Å². The number of H-pyrrole nitrogens is 1. The van der Waals surface area contributed by atoms with Crippen LogP contribution in [0.4, 0.5) is 0 Å². The lowest BCUT2D eigenvalue weighted by Gasteiger charge is -2.18. The molecule has 1 aliphatic rings. The van der Waals surface area contributed by atoms with E-state index in [0.717, 1.165) is 25.3 Å². The van der Waals surface area contributed by atoms with E-state index < -0.39 is 0 Å². The first-order valence-corrected chi connectivity index (χ1v) is 7.62. The number of benzene rings is 1. The van der Waals surface area contributed by atoms with Crippen LogP contribution in [-0.4, -0.2) is 16.7 Å². The van der Waals surface area contributed by atoms with Gasteiger partial charge in [0.25, 0.3) is 0 Å². The summed E-state index contributed by atoms with van der Waals surface area (Å²) in [7, 11) is 0. The standard InChI is InChI=1S/C17H23N3/c1-13-16(12-19-20-13)8-5-11-18-17(15-9-10-15)14-6-3-2-4-7-14/h2-4,6-7,12,15,17-18H,5,8-11H2,1H3,(H,19,20). The molecule has 3 rings (SSSR count). The summed E-state index contributed by atoms with van der Waals surface area (Å²) in [4.78, 5) is 0. The lowest BCUT2D eigenvalue weighted by atomic mass is 10.0. The molecule has 1 saturated carbocycles. The molecule has 0 saturated heterocycles. The van der Waals surface area contributed by atoms with Crippen molar-refractivity contribution in [1.29, 1.82) is 0 Å². The van der Waals surface area contributed by atoms with Crippen molar-refractivity contribution in [2.75, 3.05) is 6.54 Å². The van der Waals surface area contributed by atoms with Gasteiger partial charge in [0.2, 0.25) is 0 Å².